The number of ether oxygens (including phenoxy) is 2. The third-order valence-electron chi connectivity index (χ3n) is 2.06. The molecule has 1 aromatic rings. The summed E-state index contributed by atoms with van der Waals surface area (Å²) in [6.07, 6.45) is 0. The summed E-state index contributed by atoms with van der Waals surface area (Å²) in [5.74, 6) is -0.746. The van der Waals surface area contributed by atoms with E-state index >= 15 is 0 Å². The second kappa shape index (κ2) is 3.90. The van der Waals surface area contributed by atoms with Crippen LogP contribution in [0.15, 0.2) is 18.2 Å². The van der Waals surface area contributed by atoms with E-state index in [2.05, 4.69) is 11.6 Å². The van der Waals surface area contributed by atoms with Crippen LogP contribution >= 0.6 is 11.6 Å². The lowest BCUT2D eigenvalue weighted by Crippen LogP contribution is -2.22. The zero-order chi connectivity index (χ0) is 11.8. The summed E-state index contributed by atoms with van der Waals surface area (Å²) < 4.78 is 35.5. The van der Waals surface area contributed by atoms with Crippen molar-refractivity contribution in [3.63, 3.8) is 0 Å². The monoisotopic (exact) mass is 248 g/mol. The minimum atomic E-state index is -3.90. The van der Waals surface area contributed by atoms with Crippen LogP contribution in [0, 0.1) is 0 Å². The van der Waals surface area contributed by atoms with E-state index < -0.39 is 11.2 Å². The van der Waals surface area contributed by atoms with Gasteiger partial charge in [-0.3, -0.25) is 4.79 Å². The van der Waals surface area contributed by atoms with Crippen LogP contribution in [0.5, 0.6) is 11.5 Å². The molecule has 0 aromatic heterocycles. The van der Waals surface area contributed by atoms with Crippen molar-refractivity contribution < 1.29 is 23.0 Å². The Morgan fingerprint density at radius 3 is 2.50 bits per heavy atom. The molecule has 0 bridgehead atoms. The lowest BCUT2D eigenvalue weighted by Gasteiger charge is -2.18. The number of carbonyl (C=O) groups is 1. The SMILES string of the molecule is O=C(c1ccc2c(c1)OCCO2)C(F)(F)Cl. The molecule has 0 spiro atoms. The normalized spacial score (nSPS) is 14.7. The van der Waals surface area contributed by atoms with Gasteiger partial charge in [-0.15, -0.1) is 0 Å². The summed E-state index contributed by atoms with van der Waals surface area (Å²) in [5.41, 5.74) is -0.204. The highest BCUT2D eigenvalue weighted by atomic mass is 35.5. The predicted octanol–water partition coefficient (Wildman–Crippen LogP) is 2.47. The maximum absolute atomic E-state index is 12.6. The minimum absolute atomic E-state index is 0.204. The van der Waals surface area contributed by atoms with Gasteiger partial charge in [-0.2, -0.15) is 8.78 Å². The smallest absolute Gasteiger partial charge is 0.384 e. The first-order valence-electron chi connectivity index (χ1n) is 4.49. The molecule has 16 heavy (non-hydrogen) atoms. The second-order valence-corrected chi connectivity index (χ2v) is 3.66. The standard InChI is InChI=1S/C10H7ClF2O3/c11-10(12,13)9(14)6-1-2-7-8(5-6)16-4-3-15-7/h1-2,5H,3-4H2. The molecule has 1 aromatic carbocycles. The van der Waals surface area contributed by atoms with Crippen molar-refractivity contribution in [2.45, 2.75) is 5.38 Å². The van der Waals surface area contributed by atoms with Gasteiger partial charge in [-0.05, 0) is 29.8 Å². The quantitative estimate of drug-likeness (QED) is 0.596. The lowest BCUT2D eigenvalue weighted by molar-refractivity contribution is 0.0535. The largest absolute Gasteiger partial charge is 0.486 e. The summed E-state index contributed by atoms with van der Waals surface area (Å²) >= 11 is 4.65. The highest BCUT2D eigenvalue weighted by molar-refractivity contribution is 6.35. The van der Waals surface area contributed by atoms with Gasteiger partial charge in [0.2, 0.25) is 5.78 Å². The number of hydrogen-bond acceptors (Lipinski definition) is 3. The van der Waals surface area contributed by atoms with Gasteiger partial charge in [0, 0.05) is 5.56 Å². The summed E-state index contributed by atoms with van der Waals surface area (Å²) in [7, 11) is 0. The Morgan fingerprint density at radius 2 is 1.88 bits per heavy atom. The fourth-order valence-electron chi connectivity index (χ4n) is 1.35. The van der Waals surface area contributed by atoms with Gasteiger partial charge in [-0.25, -0.2) is 0 Å². The van der Waals surface area contributed by atoms with E-state index in [0.717, 1.165) is 0 Å². The van der Waals surface area contributed by atoms with Crippen molar-refractivity contribution in [3.05, 3.63) is 23.8 Å². The molecule has 1 aliphatic rings. The third kappa shape index (κ3) is 2.09. The molecule has 3 nitrogen and oxygen atoms in total. The van der Waals surface area contributed by atoms with Crippen molar-refractivity contribution in [2.24, 2.45) is 0 Å². The van der Waals surface area contributed by atoms with Crippen molar-refractivity contribution in [1.82, 2.24) is 0 Å². The molecule has 0 saturated carbocycles. The van der Waals surface area contributed by atoms with Gasteiger partial charge in [0.1, 0.15) is 13.2 Å². The van der Waals surface area contributed by atoms with E-state index in [1.807, 2.05) is 0 Å². The van der Waals surface area contributed by atoms with E-state index in [-0.39, 0.29) is 11.3 Å². The molecule has 86 valence electrons. The number of ketones is 1. The fraction of sp³-hybridized carbons (Fsp3) is 0.300. The zero-order valence-corrected chi connectivity index (χ0v) is 8.76. The molecule has 2 rings (SSSR count). The maximum atomic E-state index is 12.6. The molecule has 0 saturated heterocycles. The van der Waals surface area contributed by atoms with Gasteiger partial charge in [-0.1, -0.05) is 0 Å². The van der Waals surface area contributed by atoms with Crippen LogP contribution < -0.4 is 9.47 Å². The molecule has 0 amide bonds. The Balaban J connectivity index is 2.34. The highest BCUT2D eigenvalue weighted by Crippen LogP contribution is 2.33. The topological polar surface area (TPSA) is 35.5 Å². The molecule has 0 radical (unpaired) electrons. The summed E-state index contributed by atoms with van der Waals surface area (Å²) in [4.78, 5) is 11.2. The van der Waals surface area contributed by atoms with Gasteiger partial charge < -0.3 is 9.47 Å². The van der Waals surface area contributed by atoms with E-state index in [9.17, 15) is 13.6 Å². The number of Topliss-reactive ketones (excluding diaryl/α,β-unsaturated/α-hetero) is 1. The molecular weight excluding hydrogens is 242 g/mol. The van der Waals surface area contributed by atoms with Crippen LogP contribution in [0.25, 0.3) is 0 Å². The first kappa shape index (κ1) is 11.1. The molecule has 0 atom stereocenters. The predicted molar refractivity (Wildman–Crippen MR) is 52.6 cm³/mol. The first-order valence-corrected chi connectivity index (χ1v) is 4.87. The van der Waals surface area contributed by atoms with Crippen LogP contribution in [0.3, 0.4) is 0 Å². The third-order valence-corrected chi connectivity index (χ3v) is 2.23. The van der Waals surface area contributed by atoms with Crippen LogP contribution in [-0.4, -0.2) is 24.4 Å². The Labute approximate surface area is 94.9 Å². The average Bonchev–Trinajstić information content (AvgIpc) is 2.26. The number of alkyl halides is 3. The number of benzene rings is 1. The fourth-order valence-corrected chi connectivity index (χ4v) is 1.46. The average molecular weight is 249 g/mol. The summed E-state index contributed by atoms with van der Waals surface area (Å²) in [6.45, 7) is 0.716. The maximum Gasteiger partial charge on any atom is 0.384 e. The number of hydrogen-bond donors (Lipinski definition) is 0. The van der Waals surface area contributed by atoms with E-state index in [0.29, 0.717) is 19.0 Å². The van der Waals surface area contributed by atoms with Crippen LogP contribution in [0.4, 0.5) is 8.78 Å². The number of carbonyl (C=O) groups excluding carboxylic acids is 1. The van der Waals surface area contributed by atoms with E-state index in [4.69, 9.17) is 9.47 Å². The molecule has 0 unspecified atom stereocenters. The number of rotatable bonds is 2. The summed E-state index contributed by atoms with van der Waals surface area (Å²) in [5, 5.41) is -3.90. The van der Waals surface area contributed by atoms with Crippen molar-refractivity contribution in [3.8, 4) is 11.5 Å². The molecule has 0 fully saturated rings. The van der Waals surface area contributed by atoms with Gasteiger partial charge >= 0.3 is 5.38 Å². The Kier molecular flexibility index (Phi) is 2.71. The lowest BCUT2D eigenvalue weighted by atomic mass is 10.1. The molecular formula is C10H7ClF2O3. The number of fused-ring (bicyclic) bond motifs is 1. The van der Waals surface area contributed by atoms with Crippen LogP contribution in [-0.2, 0) is 0 Å². The first-order chi connectivity index (χ1) is 7.48. The molecule has 1 aliphatic heterocycles. The van der Waals surface area contributed by atoms with Crippen molar-refractivity contribution >= 4 is 17.4 Å². The molecule has 1 heterocycles. The van der Waals surface area contributed by atoms with Crippen molar-refractivity contribution in [1.29, 1.82) is 0 Å². The van der Waals surface area contributed by atoms with Gasteiger partial charge in [0.25, 0.3) is 0 Å². The molecule has 0 N–H and O–H groups in total. The van der Waals surface area contributed by atoms with Crippen LogP contribution in [0.2, 0.25) is 0 Å². The highest BCUT2D eigenvalue weighted by Gasteiger charge is 2.37. The summed E-state index contributed by atoms with van der Waals surface area (Å²) in [6, 6.07) is 3.84. The van der Waals surface area contributed by atoms with Crippen LogP contribution in [0.1, 0.15) is 10.4 Å². The van der Waals surface area contributed by atoms with Gasteiger partial charge in [0.05, 0.1) is 0 Å². The van der Waals surface area contributed by atoms with Crippen molar-refractivity contribution in [2.75, 3.05) is 13.2 Å². The second-order valence-electron chi connectivity index (χ2n) is 3.19. The Morgan fingerprint density at radius 1 is 1.25 bits per heavy atom. The number of halogens is 3. The molecule has 6 heteroatoms. The van der Waals surface area contributed by atoms with E-state index in [1.165, 1.54) is 18.2 Å². The van der Waals surface area contributed by atoms with Gasteiger partial charge in [0.15, 0.2) is 11.5 Å². The zero-order valence-electron chi connectivity index (χ0n) is 8.00. The Bertz CT molecular complexity index is 429. The minimum Gasteiger partial charge on any atom is -0.486 e. The Hall–Kier alpha value is -1.36. The van der Waals surface area contributed by atoms with E-state index in [1.54, 1.807) is 0 Å². The molecule has 0 aliphatic carbocycles.